The zero-order valence-corrected chi connectivity index (χ0v) is 14.0. The van der Waals surface area contributed by atoms with E-state index >= 15 is 0 Å². The van der Waals surface area contributed by atoms with Crippen LogP contribution >= 0.6 is 23.1 Å². The van der Waals surface area contributed by atoms with E-state index < -0.39 is 0 Å². The van der Waals surface area contributed by atoms with Crippen LogP contribution in [0, 0.1) is 6.92 Å². The molecule has 2 aromatic heterocycles. The summed E-state index contributed by atoms with van der Waals surface area (Å²) in [6.07, 6.45) is 0.774. The Morgan fingerprint density at radius 2 is 2.10 bits per heavy atom. The van der Waals surface area contributed by atoms with Gasteiger partial charge in [-0.2, -0.15) is 5.10 Å². The molecule has 0 amide bonds. The summed E-state index contributed by atoms with van der Waals surface area (Å²) in [6, 6.07) is 0.153. The number of rotatable bonds is 5. The molecule has 0 saturated heterocycles. The largest absolute Gasteiger partial charge is 0.312 e. The number of halogens is 1. The van der Waals surface area contributed by atoms with Crippen LogP contribution in [0.3, 0.4) is 0 Å². The van der Waals surface area contributed by atoms with Crippen molar-refractivity contribution >= 4 is 23.1 Å². The molecule has 7 heteroatoms. The van der Waals surface area contributed by atoms with Crippen molar-refractivity contribution in [3.05, 3.63) is 27.0 Å². The minimum absolute atomic E-state index is 0.153. The van der Waals surface area contributed by atoms with Gasteiger partial charge >= 0.3 is 0 Å². The number of hydrogen-bond donors (Lipinski definition) is 1. The highest BCUT2D eigenvalue weighted by atomic mass is 35.5. The van der Waals surface area contributed by atoms with Gasteiger partial charge in [-0.15, -0.1) is 5.10 Å². The lowest BCUT2D eigenvalue weighted by Gasteiger charge is -2.16. The maximum absolute atomic E-state index is 6.34. The summed E-state index contributed by atoms with van der Waals surface area (Å²) < 4.78 is 5.95. The van der Waals surface area contributed by atoms with Gasteiger partial charge in [-0.3, -0.25) is 4.68 Å². The molecule has 0 fully saturated rings. The molecule has 0 radical (unpaired) electrons. The number of aromatic nitrogens is 4. The van der Waals surface area contributed by atoms with E-state index in [9.17, 15) is 0 Å². The highest BCUT2D eigenvalue weighted by Crippen LogP contribution is 2.30. The molecule has 1 N–H and O–H groups in total. The van der Waals surface area contributed by atoms with Crippen LogP contribution in [0.1, 0.15) is 47.8 Å². The van der Waals surface area contributed by atoms with Gasteiger partial charge in [-0.05, 0) is 31.4 Å². The first-order valence-corrected chi connectivity index (χ1v) is 7.78. The molecule has 0 aromatic carbocycles. The Morgan fingerprint density at radius 1 is 1.40 bits per heavy atom. The molecule has 2 rings (SSSR count). The summed E-state index contributed by atoms with van der Waals surface area (Å²) in [5.41, 5.74) is 2.96. The summed E-state index contributed by atoms with van der Waals surface area (Å²) in [4.78, 5) is 1.18. The van der Waals surface area contributed by atoms with Crippen molar-refractivity contribution in [1.82, 2.24) is 24.7 Å². The Morgan fingerprint density at radius 3 is 2.60 bits per heavy atom. The zero-order valence-electron chi connectivity index (χ0n) is 12.4. The molecule has 1 unspecified atom stereocenters. The van der Waals surface area contributed by atoms with Gasteiger partial charge in [0.25, 0.3) is 0 Å². The van der Waals surface area contributed by atoms with Crippen LogP contribution in [-0.4, -0.2) is 26.4 Å². The highest BCUT2D eigenvalue weighted by molar-refractivity contribution is 7.05. The van der Waals surface area contributed by atoms with Crippen LogP contribution in [0.2, 0.25) is 5.02 Å². The van der Waals surface area contributed by atoms with Gasteiger partial charge < -0.3 is 5.32 Å². The van der Waals surface area contributed by atoms with Crippen LogP contribution in [0.5, 0.6) is 0 Å². The summed E-state index contributed by atoms with van der Waals surface area (Å²) in [5.74, 6) is 0.364. The van der Waals surface area contributed by atoms with Gasteiger partial charge in [-0.25, -0.2) is 0 Å². The van der Waals surface area contributed by atoms with Crippen LogP contribution in [0.25, 0.3) is 0 Å². The quantitative estimate of drug-likeness (QED) is 0.922. The lowest BCUT2D eigenvalue weighted by atomic mass is 10.0. The minimum Gasteiger partial charge on any atom is -0.312 e. The second-order valence-corrected chi connectivity index (χ2v) is 6.36. The average Bonchev–Trinajstić information content (AvgIpc) is 2.95. The van der Waals surface area contributed by atoms with Gasteiger partial charge in [0.2, 0.25) is 0 Å². The van der Waals surface area contributed by atoms with Crippen LogP contribution in [-0.2, 0) is 13.5 Å². The molecule has 0 aliphatic rings. The fourth-order valence-corrected chi connectivity index (χ4v) is 3.42. The third kappa shape index (κ3) is 2.87. The molecule has 2 aromatic rings. The van der Waals surface area contributed by atoms with Gasteiger partial charge in [-0.1, -0.05) is 29.9 Å². The smallest absolute Gasteiger partial charge is 0.0847 e. The van der Waals surface area contributed by atoms with Crippen molar-refractivity contribution in [2.75, 3.05) is 7.05 Å². The number of nitrogens with one attached hydrogen (secondary N) is 1. The van der Waals surface area contributed by atoms with Crippen molar-refractivity contribution in [2.24, 2.45) is 7.05 Å². The lowest BCUT2D eigenvalue weighted by Crippen LogP contribution is -2.21. The number of aryl methyl sites for hydroxylation is 2. The third-order valence-electron chi connectivity index (χ3n) is 3.41. The Labute approximate surface area is 128 Å². The van der Waals surface area contributed by atoms with Crippen molar-refractivity contribution in [3.63, 3.8) is 0 Å². The average molecular weight is 314 g/mol. The Hall–Kier alpha value is -0.980. The zero-order chi connectivity index (χ0) is 14.9. The van der Waals surface area contributed by atoms with E-state index in [1.165, 1.54) is 16.4 Å². The van der Waals surface area contributed by atoms with Crippen LogP contribution in [0.15, 0.2) is 0 Å². The van der Waals surface area contributed by atoms with Crippen molar-refractivity contribution < 1.29 is 0 Å². The molecule has 110 valence electrons. The summed E-state index contributed by atoms with van der Waals surface area (Å²) in [5, 5.41) is 12.7. The summed E-state index contributed by atoms with van der Waals surface area (Å²) in [7, 11) is 3.88. The monoisotopic (exact) mass is 313 g/mol. The molecule has 1 atom stereocenters. The highest BCUT2D eigenvalue weighted by Gasteiger charge is 2.23. The summed E-state index contributed by atoms with van der Waals surface area (Å²) >= 11 is 7.79. The number of likely N-dealkylation sites (N-methyl/N-ethyl adjacent to an activating group) is 1. The van der Waals surface area contributed by atoms with Gasteiger partial charge in [0.15, 0.2) is 0 Å². The fourth-order valence-electron chi connectivity index (χ4n) is 2.27. The standard InChI is InChI=1S/C13H20ClN5S/c1-7(2)12-13(20-18-16-12)9(15-4)6-10-11(14)8(3)17-19(10)5/h7,9,15H,6H2,1-5H3. The second kappa shape index (κ2) is 6.20. The van der Waals surface area contributed by atoms with E-state index in [2.05, 4.69) is 33.8 Å². The van der Waals surface area contributed by atoms with Crippen molar-refractivity contribution in [2.45, 2.75) is 39.2 Å². The van der Waals surface area contributed by atoms with Gasteiger partial charge in [0, 0.05) is 13.5 Å². The molecular weight excluding hydrogens is 294 g/mol. The Kier molecular flexibility index (Phi) is 4.78. The van der Waals surface area contributed by atoms with E-state index in [1.807, 2.05) is 25.7 Å². The maximum atomic E-state index is 6.34. The Bertz CT molecular complexity index is 590. The first-order chi connectivity index (χ1) is 9.45. The molecule has 20 heavy (non-hydrogen) atoms. The topological polar surface area (TPSA) is 55.6 Å². The molecule has 0 spiro atoms. The van der Waals surface area contributed by atoms with Gasteiger partial charge in [0.1, 0.15) is 0 Å². The lowest BCUT2D eigenvalue weighted by molar-refractivity contribution is 0.560. The predicted molar refractivity (Wildman–Crippen MR) is 82.5 cm³/mol. The number of nitrogens with zero attached hydrogens (tertiary/aromatic N) is 4. The number of hydrogen-bond acceptors (Lipinski definition) is 5. The fraction of sp³-hybridized carbons (Fsp3) is 0.615. The van der Waals surface area contributed by atoms with E-state index in [4.69, 9.17) is 11.6 Å². The minimum atomic E-state index is 0.153. The molecule has 0 bridgehead atoms. The third-order valence-corrected chi connectivity index (χ3v) is 4.76. The SMILES string of the molecule is CNC(Cc1c(Cl)c(C)nn1C)c1snnc1C(C)C. The molecule has 0 aliphatic heterocycles. The molecule has 5 nitrogen and oxygen atoms in total. The predicted octanol–water partition coefficient (Wildman–Crippen LogP) is 2.86. The van der Waals surface area contributed by atoms with Crippen LogP contribution < -0.4 is 5.32 Å². The molecule has 0 saturated carbocycles. The second-order valence-electron chi connectivity index (χ2n) is 5.19. The Balaban J connectivity index is 2.31. The van der Waals surface area contributed by atoms with Crippen molar-refractivity contribution in [1.29, 1.82) is 0 Å². The van der Waals surface area contributed by atoms with E-state index in [0.29, 0.717) is 5.92 Å². The molecule has 2 heterocycles. The van der Waals surface area contributed by atoms with E-state index in [1.54, 1.807) is 0 Å². The molecule has 0 aliphatic carbocycles. The summed E-state index contributed by atoms with van der Waals surface area (Å²) in [6.45, 7) is 6.19. The first kappa shape index (κ1) is 15.4. The van der Waals surface area contributed by atoms with Crippen molar-refractivity contribution in [3.8, 4) is 0 Å². The first-order valence-electron chi connectivity index (χ1n) is 6.63. The normalized spacial score (nSPS) is 13.2. The molecular formula is C13H20ClN5S. The van der Waals surface area contributed by atoms with Crippen LogP contribution in [0.4, 0.5) is 0 Å². The van der Waals surface area contributed by atoms with E-state index in [-0.39, 0.29) is 6.04 Å². The van der Waals surface area contributed by atoms with E-state index in [0.717, 1.165) is 28.5 Å². The van der Waals surface area contributed by atoms with Gasteiger partial charge in [0.05, 0.1) is 33.0 Å². The maximum Gasteiger partial charge on any atom is 0.0847 e.